The van der Waals surface area contributed by atoms with E-state index in [4.69, 9.17) is 4.74 Å². The van der Waals surface area contributed by atoms with Gasteiger partial charge in [-0.1, -0.05) is 30.3 Å². The molecule has 0 bridgehead atoms. The second kappa shape index (κ2) is 7.27. The Morgan fingerprint density at radius 1 is 1.28 bits per heavy atom. The number of benzene rings is 1. The summed E-state index contributed by atoms with van der Waals surface area (Å²) in [5, 5.41) is 0. The molecule has 4 nitrogen and oxygen atoms in total. The van der Waals surface area contributed by atoms with E-state index in [1.165, 1.54) is 6.92 Å². The van der Waals surface area contributed by atoms with Crippen molar-refractivity contribution in [2.75, 3.05) is 6.79 Å². The van der Waals surface area contributed by atoms with Gasteiger partial charge in [0.25, 0.3) is 0 Å². The van der Waals surface area contributed by atoms with Gasteiger partial charge in [0.05, 0.1) is 6.42 Å². The predicted octanol–water partition coefficient (Wildman–Crippen LogP) is 2.02. The third-order valence-electron chi connectivity index (χ3n) is 2.20. The molecule has 1 aromatic rings. The van der Waals surface area contributed by atoms with Gasteiger partial charge in [0.15, 0.2) is 0 Å². The average molecular weight is 248 g/mol. The predicted molar refractivity (Wildman–Crippen MR) is 66.8 cm³/mol. The quantitative estimate of drug-likeness (QED) is 0.439. The largest absolute Gasteiger partial charge is 0.428 e. The normalized spacial score (nSPS) is 9.61. The van der Waals surface area contributed by atoms with E-state index in [-0.39, 0.29) is 13.2 Å². The van der Waals surface area contributed by atoms with Gasteiger partial charge in [-0.2, -0.15) is 0 Å². The molecule has 0 saturated heterocycles. The molecule has 0 N–H and O–H groups in total. The molecule has 0 aliphatic carbocycles. The number of rotatable bonds is 6. The lowest BCUT2D eigenvalue weighted by atomic mass is 10.1. The van der Waals surface area contributed by atoms with Crippen LogP contribution in [0.25, 0.3) is 0 Å². The van der Waals surface area contributed by atoms with Crippen LogP contribution >= 0.6 is 0 Å². The number of allylic oxidation sites excluding steroid dienone is 1. The second-order valence-corrected chi connectivity index (χ2v) is 3.76. The van der Waals surface area contributed by atoms with Gasteiger partial charge in [0.1, 0.15) is 0 Å². The Morgan fingerprint density at radius 2 is 2.00 bits per heavy atom. The van der Waals surface area contributed by atoms with Crippen LogP contribution in [0.15, 0.2) is 36.9 Å². The molecular formula is C14H16O4. The summed E-state index contributed by atoms with van der Waals surface area (Å²) < 4.78 is 9.27. The molecule has 4 heteroatoms. The molecule has 0 aliphatic heterocycles. The minimum atomic E-state index is -0.476. The van der Waals surface area contributed by atoms with E-state index in [2.05, 4.69) is 11.3 Å². The second-order valence-electron chi connectivity index (χ2n) is 3.76. The highest BCUT2D eigenvalue weighted by Crippen LogP contribution is 2.08. The summed E-state index contributed by atoms with van der Waals surface area (Å²) in [7, 11) is 0. The van der Waals surface area contributed by atoms with Crippen LogP contribution in [0.1, 0.15) is 18.1 Å². The topological polar surface area (TPSA) is 52.6 Å². The molecule has 1 rings (SSSR count). The lowest BCUT2D eigenvalue weighted by Crippen LogP contribution is -2.12. The molecule has 0 fully saturated rings. The lowest BCUT2D eigenvalue weighted by Gasteiger charge is -2.05. The standard InChI is InChI=1S/C14H16O4/c1-3-5-12-6-4-7-13(8-12)9-14(16)18-10-17-11(2)15/h3-4,6-8H,1,5,9-10H2,2H3. The van der Waals surface area contributed by atoms with E-state index >= 15 is 0 Å². The van der Waals surface area contributed by atoms with Gasteiger partial charge in [-0.05, 0) is 17.5 Å². The first-order chi connectivity index (χ1) is 8.61. The number of hydrogen-bond acceptors (Lipinski definition) is 4. The molecule has 0 amide bonds. The molecule has 0 atom stereocenters. The molecule has 0 aromatic heterocycles. The van der Waals surface area contributed by atoms with Crippen molar-refractivity contribution in [3.05, 3.63) is 48.0 Å². The van der Waals surface area contributed by atoms with Crippen LogP contribution in [0.5, 0.6) is 0 Å². The number of esters is 2. The van der Waals surface area contributed by atoms with Crippen LogP contribution in [-0.2, 0) is 31.9 Å². The maximum atomic E-state index is 11.4. The smallest absolute Gasteiger partial charge is 0.313 e. The zero-order valence-corrected chi connectivity index (χ0v) is 10.3. The summed E-state index contributed by atoms with van der Waals surface area (Å²) in [4.78, 5) is 21.9. The fourth-order valence-electron chi connectivity index (χ4n) is 1.43. The van der Waals surface area contributed by atoms with Crippen LogP contribution in [0.2, 0.25) is 0 Å². The minimum absolute atomic E-state index is 0.159. The van der Waals surface area contributed by atoms with Crippen molar-refractivity contribution < 1.29 is 19.1 Å². The first-order valence-electron chi connectivity index (χ1n) is 5.59. The van der Waals surface area contributed by atoms with Crippen molar-refractivity contribution in [2.24, 2.45) is 0 Å². The van der Waals surface area contributed by atoms with Gasteiger partial charge in [0, 0.05) is 6.92 Å². The van der Waals surface area contributed by atoms with Crippen LogP contribution in [0, 0.1) is 0 Å². The Labute approximate surface area is 106 Å². The van der Waals surface area contributed by atoms with Crippen molar-refractivity contribution in [3.63, 3.8) is 0 Å². The zero-order chi connectivity index (χ0) is 13.4. The van der Waals surface area contributed by atoms with Gasteiger partial charge in [0.2, 0.25) is 6.79 Å². The molecule has 18 heavy (non-hydrogen) atoms. The molecule has 0 spiro atoms. The average Bonchev–Trinajstić information content (AvgIpc) is 2.29. The fraction of sp³-hybridized carbons (Fsp3) is 0.286. The Morgan fingerprint density at radius 3 is 2.67 bits per heavy atom. The van der Waals surface area contributed by atoms with Crippen molar-refractivity contribution in [1.82, 2.24) is 0 Å². The summed E-state index contributed by atoms with van der Waals surface area (Å²) in [6, 6.07) is 7.62. The highest BCUT2D eigenvalue weighted by atomic mass is 16.7. The van der Waals surface area contributed by atoms with Crippen molar-refractivity contribution >= 4 is 11.9 Å². The monoisotopic (exact) mass is 248 g/mol. The van der Waals surface area contributed by atoms with E-state index in [1.54, 1.807) is 6.08 Å². The number of hydrogen-bond donors (Lipinski definition) is 0. The maximum Gasteiger partial charge on any atom is 0.313 e. The van der Waals surface area contributed by atoms with Crippen LogP contribution in [0.3, 0.4) is 0 Å². The molecule has 0 radical (unpaired) electrons. The minimum Gasteiger partial charge on any atom is -0.428 e. The van der Waals surface area contributed by atoms with Gasteiger partial charge in [-0.25, -0.2) is 0 Å². The first kappa shape index (κ1) is 14.0. The third kappa shape index (κ3) is 5.30. The van der Waals surface area contributed by atoms with E-state index in [0.29, 0.717) is 0 Å². The Kier molecular flexibility index (Phi) is 5.64. The van der Waals surface area contributed by atoms with E-state index < -0.39 is 11.9 Å². The Balaban J connectivity index is 2.45. The fourth-order valence-corrected chi connectivity index (χ4v) is 1.43. The summed E-state index contributed by atoms with van der Waals surface area (Å²) in [5.41, 5.74) is 1.96. The molecular weight excluding hydrogens is 232 g/mol. The number of ether oxygens (including phenoxy) is 2. The Hall–Kier alpha value is -2.10. The summed E-state index contributed by atoms with van der Waals surface area (Å²) in [6.45, 7) is 4.59. The van der Waals surface area contributed by atoms with E-state index in [9.17, 15) is 9.59 Å². The first-order valence-corrected chi connectivity index (χ1v) is 5.59. The number of carbonyl (C=O) groups is 2. The molecule has 1 aromatic carbocycles. The summed E-state index contributed by atoms with van der Waals surface area (Å²) in [5.74, 6) is -0.900. The zero-order valence-electron chi connectivity index (χ0n) is 10.3. The summed E-state index contributed by atoms with van der Waals surface area (Å²) >= 11 is 0. The van der Waals surface area contributed by atoms with E-state index in [1.807, 2.05) is 24.3 Å². The lowest BCUT2D eigenvalue weighted by molar-refractivity contribution is -0.165. The highest BCUT2D eigenvalue weighted by molar-refractivity contribution is 5.72. The number of carbonyl (C=O) groups excluding carboxylic acids is 2. The maximum absolute atomic E-state index is 11.4. The van der Waals surface area contributed by atoms with Crippen LogP contribution in [-0.4, -0.2) is 18.7 Å². The van der Waals surface area contributed by atoms with Crippen molar-refractivity contribution in [2.45, 2.75) is 19.8 Å². The summed E-state index contributed by atoms with van der Waals surface area (Å²) in [6.07, 6.45) is 2.72. The van der Waals surface area contributed by atoms with Crippen molar-refractivity contribution in [1.29, 1.82) is 0 Å². The molecule has 0 heterocycles. The SMILES string of the molecule is C=CCc1cccc(CC(=O)OCOC(C)=O)c1. The van der Waals surface area contributed by atoms with Gasteiger partial charge in [-0.3, -0.25) is 9.59 Å². The molecule has 0 aliphatic rings. The van der Waals surface area contributed by atoms with Gasteiger partial charge in [-0.15, -0.1) is 6.58 Å². The van der Waals surface area contributed by atoms with Gasteiger partial charge >= 0.3 is 11.9 Å². The van der Waals surface area contributed by atoms with Crippen LogP contribution in [0.4, 0.5) is 0 Å². The molecule has 0 saturated carbocycles. The molecule has 96 valence electrons. The van der Waals surface area contributed by atoms with Crippen LogP contribution < -0.4 is 0 Å². The van der Waals surface area contributed by atoms with Gasteiger partial charge < -0.3 is 9.47 Å². The molecule has 0 unspecified atom stereocenters. The Bertz CT molecular complexity index is 437. The third-order valence-corrected chi connectivity index (χ3v) is 2.20. The highest BCUT2D eigenvalue weighted by Gasteiger charge is 2.06. The van der Waals surface area contributed by atoms with E-state index in [0.717, 1.165) is 17.5 Å². The van der Waals surface area contributed by atoms with Crippen molar-refractivity contribution in [3.8, 4) is 0 Å².